The van der Waals surface area contributed by atoms with E-state index in [1.165, 1.54) is 0 Å². The number of nitrogens with two attached hydrogens (primary N) is 1. The fraction of sp³-hybridized carbons (Fsp3) is 0.182. The second-order valence-electron chi connectivity index (χ2n) is 6.32. The van der Waals surface area contributed by atoms with Gasteiger partial charge in [-0.2, -0.15) is 5.26 Å². The van der Waals surface area contributed by atoms with Crippen molar-refractivity contribution < 1.29 is 14.3 Å². The molecule has 0 atom stereocenters. The molecule has 0 unspecified atom stereocenters. The number of benzene rings is 2. The smallest absolute Gasteiger partial charge is 0.250 e. The van der Waals surface area contributed by atoms with Crippen LogP contribution in [0.5, 0.6) is 11.5 Å². The van der Waals surface area contributed by atoms with Crippen LogP contribution in [0.1, 0.15) is 27.2 Å². The summed E-state index contributed by atoms with van der Waals surface area (Å²) in [6.45, 7) is 2.30. The first-order valence-electron chi connectivity index (χ1n) is 8.70. The van der Waals surface area contributed by atoms with E-state index in [2.05, 4.69) is 6.07 Å². The SMILES string of the molecule is COc1cccc(Cn2c(-c3cccc(C#N)c3)cc(C(N)=O)c2C)c1OC. The predicted octanol–water partition coefficient (Wildman–Crippen LogP) is 3.50. The van der Waals surface area contributed by atoms with Gasteiger partial charge in [-0.05, 0) is 36.8 Å². The van der Waals surface area contributed by atoms with E-state index in [-0.39, 0.29) is 0 Å². The molecule has 3 rings (SSSR count). The van der Waals surface area contributed by atoms with Crippen molar-refractivity contribution in [2.45, 2.75) is 13.5 Å². The largest absolute Gasteiger partial charge is 0.493 e. The van der Waals surface area contributed by atoms with Gasteiger partial charge < -0.3 is 19.8 Å². The number of rotatable bonds is 6. The molecule has 0 aliphatic rings. The Hall–Kier alpha value is -3.72. The number of methoxy groups -OCH3 is 2. The first-order chi connectivity index (χ1) is 13.5. The second-order valence-corrected chi connectivity index (χ2v) is 6.32. The van der Waals surface area contributed by atoms with Gasteiger partial charge in [0.1, 0.15) is 0 Å². The Morgan fingerprint density at radius 2 is 1.89 bits per heavy atom. The minimum atomic E-state index is -0.494. The van der Waals surface area contributed by atoms with Crippen molar-refractivity contribution >= 4 is 5.91 Å². The maximum Gasteiger partial charge on any atom is 0.250 e. The molecule has 0 fully saturated rings. The molecule has 0 saturated heterocycles. The minimum Gasteiger partial charge on any atom is -0.493 e. The molecule has 28 heavy (non-hydrogen) atoms. The highest BCUT2D eigenvalue weighted by Gasteiger charge is 2.19. The van der Waals surface area contributed by atoms with E-state index in [0.717, 1.165) is 22.5 Å². The highest BCUT2D eigenvalue weighted by Crippen LogP contribution is 2.34. The second kappa shape index (κ2) is 7.89. The molecule has 142 valence electrons. The van der Waals surface area contributed by atoms with Crippen molar-refractivity contribution in [3.63, 3.8) is 0 Å². The Kier molecular flexibility index (Phi) is 5.37. The number of carbonyl (C=O) groups excluding carboxylic acids is 1. The fourth-order valence-corrected chi connectivity index (χ4v) is 3.33. The molecule has 3 aromatic rings. The van der Waals surface area contributed by atoms with E-state index < -0.39 is 5.91 Å². The van der Waals surface area contributed by atoms with Crippen LogP contribution < -0.4 is 15.2 Å². The van der Waals surface area contributed by atoms with Gasteiger partial charge in [0.05, 0.1) is 38.0 Å². The lowest BCUT2D eigenvalue weighted by Crippen LogP contribution is -2.13. The van der Waals surface area contributed by atoms with Crippen LogP contribution in [-0.2, 0) is 6.54 Å². The van der Waals surface area contributed by atoms with E-state index in [1.807, 2.05) is 41.8 Å². The van der Waals surface area contributed by atoms with Gasteiger partial charge in [0.2, 0.25) is 0 Å². The number of para-hydroxylation sites is 1. The fourth-order valence-electron chi connectivity index (χ4n) is 3.33. The van der Waals surface area contributed by atoms with E-state index in [1.54, 1.807) is 32.4 Å². The molecule has 6 nitrogen and oxygen atoms in total. The van der Waals surface area contributed by atoms with Crippen molar-refractivity contribution in [1.29, 1.82) is 5.26 Å². The Bertz CT molecular complexity index is 1080. The van der Waals surface area contributed by atoms with Gasteiger partial charge in [-0.1, -0.05) is 24.3 Å². The number of aromatic nitrogens is 1. The number of nitriles is 1. The topological polar surface area (TPSA) is 90.3 Å². The Balaban J connectivity index is 2.18. The van der Waals surface area contributed by atoms with E-state index in [0.29, 0.717) is 29.2 Å². The molecule has 1 amide bonds. The number of primary amides is 1. The monoisotopic (exact) mass is 375 g/mol. The van der Waals surface area contributed by atoms with Crippen molar-refractivity contribution in [2.75, 3.05) is 14.2 Å². The summed E-state index contributed by atoms with van der Waals surface area (Å²) in [5.41, 5.74) is 9.84. The van der Waals surface area contributed by atoms with Gasteiger partial charge in [0, 0.05) is 17.0 Å². The molecule has 0 radical (unpaired) electrons. The third-order valence-corrected chi connectivity index (χ3v) is 4.73. The number of ether oxygens (including phenoxy) is 2. The highest BCUT2D eigenvalue weighted by molar-refractivity contribution is 5.95. The average molecular weight is 375 g/mol. The zero-order valence-electron chi connectivity index (χ0n) is 16.0. The molecule has 6 heteroatoms. The van der Waals surface area contributed by atoms with Gasteiger partial charge in [-0.25, -0.2) is 0 Å². The van der Waals surface area contributed by atoms with Crippen LogP contribution in [0.3, 0.4) is 0 Å². The van der Waals surface area contributed by atoms with E-state index in [4.69, 9.17) is 15.2 Å². The summed E-state index contributed by atoms with van der Waals surface area (Å²) in [4.78, 5) is 11.9. The standard InChI is InChI=1S/C22H21N3O3/c1-14-18(22(24)26)11-19(16-7-4-6-15(10-16)12-23)25(14)13-17-8-5-9-20(27-2)21(17)28-3/h4-11H,13H2,1-3H3,(H2,24,26). The lowest BCUT2D eigenvalue weighted by molar-refractivity contribution is 0.0999. The average Bonchev–Trinajstić information content (AvgIpc) is 3.04. The van der Waals surface area contributed by atoms with Gasteiger partial charge in [0.25, 0.3) is 5.91 Å². The predicted molar refractivity (Wildman–Crippen MR) is 106 cm³/mol. The lowest BCUT2D eigenvalue weighted by atomic mass is 10.1. The maximum absolute atomic E-state index is 11.9. The van der Waals surface area contributed by atoms with Crippen LogP contribution >= 0.6 is 0 Å². The third-order valence-electron chi connectivity index (χ3n) is 4.73. The van der Waals surface area contributed by atoms with Crippen LogP contribution in [0.15, 0.2) is 48.5 Å². The molecule has 0 aliphatic carbocycles. The zero-order valence-corrected chi connectivity index (χ0v) is 16.0. The van der Waals surface area contributed by atoms with Gasteiger partial charge in [-0.3, -0.25) is 4.79 Å². The van der Waals surface area contributed by atoms with Crippen LogP contribution in [0.2, 0.25) is 0 Å². The van der Waals surface area contributed by atoms with E-state index >= 15 is 0 Å². The first kappa shape index (κ1) is 19.1. The van der Waals surface area contributed by atoms with Crippen molar-refractivity contribution in [1.82, 2.24) is 4.57 Å². The lowest BCUT2D eigenvalue weighted by Gasteiger charge is -2.16. The van der Waals surface area contributed by atoms with Crippen LogP contribution in [0, 0.1) is 18.3 Å². The molecule has 1 aromatic heterocycles. The summed E-state index contributed by atoms with van der Waals surface area (Å²) < 4.78 is 12.9. The summed E-state index contributed by atoms with van der Waals surface area (Å²) in [5.74, 6) is 0.773. The van der Waals surface area contributed by atoms with Gasteiger partial charge in [-0.15, -0.1) is 0 Å². The summed E-state index contributed by atoms with van der Waals surface area (Å²) in [5, 5.41) is 9.23. The number of carbonyl (C=O) groups is 1. The molecular formula is C22H21N3O3. The normalized spacial score (nSPS) is 10.4. The summed E-state index contributed by atoms with van der Waals surface area (Å²) in [7, 11) is 3.18. The van der Waals surface area contributed by atoms with Gasteiger partial charge in [0.15, 0.2) is 11.5 Å². The van der Waals surface area contributed by atoms with Gasteiger partial charge >= 0.3 is 0 Å². The van der Waals surface area contributed by atoms with Crippen LogP contribution in [0.4, 0.5) is 0 Å². The first-order valence-corrected chi connectivity index (χ1v) is 8.70. The molecule has 2 aromatic carbocycles. The molecule has 0 saturated carbocycles. The van der Waals surface area contributed by atoms with Crippen LogP contribution in [0.25, 0.3) is 11.3 Å². The van der Waals surface area contributed by atoms with Crippen molar-refractivity contribution in [3.8, 4) is 28.8 Å². The Morgan fingerprint density at radius 1 is 1.14 bits per heavy atom. The third kappa shape index (κ3) is 3.42. The molecule has 2 N–H and O–H groups in total. The van der Waals surface area contributed by atoms with Crippen molar-refractivity contribution in [3.05, 3.63) is 70.9 Å². The highest BCUT2D eigenvalue weighted by atomic mass is 16.5. The summed E-state index contributed by atoms with van der Waals surface area (Å²) in [6.07, 6.45) is 0. The molecule has 0 bridgehead atoms. The summed E-state index contributed by atoms with van der Waals surface area (Å²) in [6, 6.07) is 16.8. The molecule has 0 spiro atoms. The van der Waals surface area contributed by atoms with E-state index in [9.17, 15) is 10.1 Å². The Morgan fingerprint density at radius 3 is 2.54 bits per heavy atom. The molecule has 1 heterocycles. The number of nitrogens with zero attached hydrogens (tertiary/aromatic N) is 2. The molecular weight excluding hydrogens is 354 g/mol. The number of hydrogen-bond acceptors (Lipinski definition) is 4. The zero-order chi connectivity index (χ0) is 20.3. The number of amides is 1. The molecule has 0 aliphatic heterocycles. The number of hydrogen-bond donors (Lipinski definition) is 1. The quantitative estimate of drug-likeness (QED) is 0.714. The Labute approximate surface area is 163 Å². The van der Waals surface area contributed by atoms with Crippen LogP contribution in [-0.4, -0.2) is 24.7 Å². The maximum atomic E-state index is 11.9. The minimum absolute atomic E-state index is 0.444. The van der Waals surface area contributed by atoms with Crippen molar-refractivity contribution in [2.24, 2.45) is 5.73 Å². The summed E-state index contributed by atoms with van der Waals surface area (Å²) >= 11 is 0.